The van der Waals surface area contributed by atoms with Crippen molar-refractivity contribution in [3.05, 3.63) is 29.6 Å². The third kappa shape index (κ3) is 2.68. The van der Waals surface area contributed by atoms with Crippen LogP contribution in [-0.4, -0.2) is 42.6 Å². The molecule has 0 aliphatic carbocycles. The standard InChI is InChI=1S/C12H17N3O2/c1-17-8-9-2-4-15(5-3-9)12(16)11-6-10(13)7-14-11/h2,6-7,14H,3-5,8,13H2,1H3. The van der Waals surface area contributed by atoms with E-state index in [9.17, 15) is 4.79 Å². The summed E-state index contributed by atoms with van der Waals surface area (Å²) in [6.45, 7) is 2.01. The minimum atomic E-state index is -0.00517. The molecule has 92 valence electrons. The first-order chi connectivity index (χ1) is 8.20. The predicted octanol–water partition coefficient (Wildman–Crippen LogP) is 1.02. The van der Waals surface area contributed by atoms with Gasteiger partial charge in [-0.1, -0.05) is 6.08 Å². The molecule has 3 N–H and O–H groups in total. The summed E-state index contributed by atoms with van der Waals surface area (Å²) < 4.78 is 5.07. The fourth-order valence-corrected chi connectivity index (χ4v) is 1.92. The smallest absolute Gasteiger partial charge is 0.270 e. The van der Waals surface area contributed by atoms with Crippen LogP contribution in [0.4, 0.5) is 5.69 Å². The molecule has 0 saturated heterocycles. The van der Waals surface area contributed by atoms with Gasteiger partial charge in [-0.2, -0.15) is 0 Å². The van der Waals surface area contributed by atoms with E-state index in [1.165, 1.54) is 5.57 Å². The lowest BCUT2D eigenvalue weighted by Gasteiger charge is -2.25. The molecule has 0 saturated carbocycles. The number of methoxy groups -OCH3 is 1. The van der Waals surface area contributed by atoms with Crippen LogP contribution < -0.4 is 5.73 Å². The van der Waals surface area contributed by atoms with Crippen LogP contribution in [0.15, 0.2) is 23.9 Å². The van der Waals surface area contributed by atoms with Crippen molar-refractivity contribution in [2.45, 2.75) is 6.42 Å². The molecule has 1 aliphatic heterocycles. The average Bonchev–Trinajstić information content (AvgIpc) is 2.76. The second-order valence-corrected chi connectivity index (χ2v) is 4.14. The van der Waals surface area contributed by atoms with Gasteiger partial charge in [0.25, 0.3) is 5.91 Å². The van der Waals surface area contributed by atoms with Crippen LogP contribution >= 0.6 is 0 Å². The number of nitrogens with one attached hydrogen (secondary N) is 1. The summed E-state index contributed by atoms with van der Waals surface area (Å²) in [4.78, 5) is 16.7. The van der Waals surface area contributed by atoms with Gasteiger partial charge in [0.15, 0.2) is 0 Å². The van der Waals surface area contributed by atoms with Gasteiger partial charge in [-0.25, -0.2) is 0 Å². The molecule has 2 heterocycles. The molecule has 1 amide bonds. The van der Waals surface area contributed by atoms with Crippen molar-refractivity contribution in [2.75, 3.05) is 32.5 Å². The van der Waals surface area contributed by atoms with Gasteiger partial charge in [0.1, 0.15) is 5.69 Å². The summed E-state index contributed by atoms with van der Waals surface area (Å²) in [7, 11) is 1.68. The van der Waals surface area contributed by atoms with Gasteiger partial charge in [-0.3, -0.25) is 4.79 Å². The summed E-state index contributed by atoms with van der Waals surface area (Å²) in [5, 5.41) is 0. The van der Waals surface area contributed by atoms with Gasteiger partial charge in [-0.15, -0.1) is 0 Å². The van der Waals surface area contributed by atoms with Gasteiger partial charge in [0.05, 0.1) is 6.61 Å². The van der Waals surface area contributed by atoms with E-state index in [-0.39, 0.29) is 5.91 Å². The Morgan fingerprint density at radius 2 is 2.47 bits per heavy atom. The van der Waals surface area contributed by atoms with E-state index in [0.29, 0.717) is 24.5 Å². The number of H-pyrrole nitrogens is 1. The lowest BCUT2D eigenvalue weighted by Crippen LogP contribution is -2.35. The molecule has 17 heavy (non-hydrogen) atoms. The van der Waals surface area contributed by atoms with Crippen molar-refractivity contribution in [3.63, 3.8) is 0 Å². The number of nitrogens with zero attached hydrogens (tertiary/aromatic N) is 1. The molecule has 1 aromatic rings. The zero-order valence-corrected chi connectivity index (χ0v) is 9.90. The second kappa shape index (κ2) is 5.05. The number of nitrogen functional groups attached to an aromatic ring is 1. The van der Waals surface area contributed by atoms with Crippen molar-refractivity contribution < 1.29 is 9.53 Å². The SMILES string of the molecule is COCC1=CCN(C(=O)c2cc(N)c[nH]2)CC1. The number of aromatic nitrogens is 1. The summed E-state index contributed by atoms with van der Waals surface area (Å²) >= 11 is 0. The van der Waals surface area contributed by atoms with Gasteiger partial charge < -0.3 is 20.4 Å². The highest BCUT2D eigenvalue weighted by atomic mass is 16.5. The van der Waals surface area contributed by atoms with E-state index in [1.54, 1.807) is 24.3 Å². The summed E-state index contributed by atoms with van der Waals surface area (Å²) in [5.41, 5.74) is 7.96. The molecule has 0 radical (unpaired) electrons. The molecule has 2 rings (SSSR count). The average molecular weight is 235 g/mol. The molecule has 0 unspecified atom stereocenters. The topological polar surface area (TPSA) is 71.3 Å². The van der Waals surface area contributed by atoms with Crippen LogP contribution in [0, 0.1) is 0 Å². The maximum atomic E-state index is 12.1. The Balaban J connectivity index is 1.99. The Bertz CT molecular complexity index is 437. The fraction of sp³-hybridized carbons (Fsp3) is 0.417. The Labute approximate surface area is 100 Å². The van der Waals surface area contributed by atoms with Crippen molar-refractivity contribution in [1.29, 1.82) is 0 Å². The second-order valence-electron chi connectivity index (χ2n) is 4.14. The number of carbonyl (C=O) groups excluding carboxylic acids is 1. The number of ether oxygens (including phenoxy) is 1. The summed E-state index contributed by atoms with van der Waals surface area (Å²) in [5.74, 6) is -0.00517. The first-order valence-corrected chi connectivity index (χ1v) is 5.60. The summed E-state index contributed by atoms with van der Waals surface area (Å²) in [6.07, 6.45) is 4.55. The maximum absolute atomic E-state index is 12.1. The summed E-state index contributed by atoms with van der Waals surface area (Å²) in [6, 6.07) is 1.66. The Morgan fingerprint density at radius 3 is 3.00 bits per heavy atom. The van der Waals surface area contributed by atoms with Crippen LogP contribution in [0.2, 0.25) is 0 Å². The number of aromatic amines is 1. The minimum Gasteiger partial charge on any atom is -0.397 e. The minimum absolute atomic E-state index is 0.00517. The zero-order valence-electron chi connectivity index (χ0n) is 9.90. The van der Waals surface area contributed by atoms with Crippen LogP contribution in [0.1, 0.15) is 16.9 Å². The van der Waals surface area contributed by atoms with Gasteiger partial charge in [0, 0.05) is 32.1 Å². The highest BCUT2D eigenvalue weighted by molar-refractivity contribution is 5.93. The van der Waals surface area contributed by atoms with Gasteiger partial charge in [0.2, 0.25) is 0 Å². The third-order valence-corrected chi connectivity index (χ3v) is 2.86. The van der Waals surface area contributed by atoms with Crippen molar-refractivity contribution >= 4 is 11.6 Å². The molecular weight excluding hydrogens is 218 g/mol. The van der Waals surface area contributed by atoms with Crippen LogP contribution in [-0.2, 0) is 4.74 Å². The van der Waals surface area contributed by atoms with Crippen LogP contribution in [0.5, 0.6) is 0 Å². The quantitative estimate of drug-likeness (QED) is 0.768. The molecule has 0 aromatic carbocycles. The number of carbonyl (C=O) groups is 1. The first-order valence-electron chi connectivity index (χ1n) is 5.60. The predicted molar refractivity (Wildman–Crippen MR) is 65.7 cm³/mol. The van der Waals surface area contributed by atoms with Gasteiger partial charge >= 0.3 is 0 Å². The molecule has 5 nitrogen and oxygen atoms in total. The van der Waals surface area contributed by atoms with Crippen molar-refractivity contribution in [3.8, 4) is 0 Å². The Hall–Kier alpha value is -1.75. The largest absolute Gasteiger partial charge is 0.397 e. The van der Waals surface area contributed by atoms with E-state index < -0.39 is 0 Å². The molecule has 0 atom stereocenters. The van der Waals surface area contributed by atoms with E-state index in [0.717, 1.165) is 13.0 Å². The number of anilines is 1. The van der Waals surface area contributed by atoms with Crippen LogP contribution in [0.25, 0.3) is 0 Å². The zero-order chi connectivity index (χ0) is 12.3. The van der Waals surface area contributed by atoms with Crippen molar-refractivity contribution in [2.24, 2.45) is 0 Å². The number of amides is 1. The molecule has 0 bridgehead atoms. The van der Waals surface area contributed by atoms with E-state index in [4.69, 9.17) is 10.5 Å². The monoisotopic (exact) mass is 235 g/mol. The first kappa shape index (κ1) is 11.7. The number of rotatable bonds is 3. The van der Waals surface area contributed by atoms with Gasteiger partial charge in [-0.05, 0) is 18.1 Å². The molecular formula is C12H17N3O2. The Morgan fingerprint density at radius 1 is 1.65 bits per heavy atom. The van der Waals surface area contributed by atoms with E-state index in [1.807, 2.05) is 0 Å². The molecule has 0 spiro atoms. The highest BCUT2D eigenvalue weighted by Crippen LogP contribution is 2.14. The molecule has 1 aromatic heterocycles. The van der Waals surface area contributed by atoms with E-state index >= 15 is 0 Å². The number of hydrogen-bond donors (Lipinski definition) is 2. The molecule has 1 aliphatic rings. The molecule has 5 heteroatoms. The lowest BCUT2D eigenvalue weighted by atomic mass is 10.1. The van der Waals surface area contributed by atoms with E-state index in [2.05, 4.69) is 11.1 Å². The normalized spacial score (nSPS) is 15.8. The highest BCUT2D eigenvalue weighted by Gasteiger charge is 2.19. The van der Waals surface area contributed by atoms with Crippen LogP contribution in [0.3, 0.4) is 0 Å². The van der Waals surface area contributed by atoms with Crippen molar-refractivity contribution in [1.82, 2.24) is 9.88 Å². The number of hydrogen-bond acceptors (Lipinski definition) is 3. The number of nitrogens with two attached hydrogens (primary N) is 1. The molecule has 0 fully saturated rings. The Kier molecular flexibility index (Phi) is 3.49. The fourth-order valence-electron chi connectivity index (χ4n) is 1.92. The lowest BCUT2D eigenvalue weighted by molar-refractivity contribution is 0.0760. The third-order valence-electron chi connectivity index (χ3n) is 2.86. The maximum Gasteiger partial charge on any atom is 0.270 e.